The predicted molar refractivity (Wildman–Crippen MR) is 73.0 cm³/mol. The molecule has 1 aromatic rings. The summed E-state index contributed by atoms with van der Waals surface area (Å²) in [7, 11) is 0. The molecule has 1 aromatic heterocycles. The molecule has 19 heavy (non-hydrogen) atoms. The first-order valence-corrected chi connectivity index (χ1v) is 7.21. The Kier molecular flexibility index (Phi) is 3.62. The summed E-state index contributed by atoms with van der Waals surface area (Å²) in [6, 6.07) is 2.29. The van der Waals surface area contributed by atoms with Crippen molar-refractivity contribution in [3.63, 3.8) is 0 Å². The van der Waals surface area contributed by atoms with Crippen LogP contribution in [0.3, 0.4) is 0 Å². The number of anilines is 1. The number of nitrogens with one attached hydrogen (secondary N) is 1. The van der Waals surface area contributed by atoms with Gasteiger partial charge in [0.25, 0.3) is 5.91 Å². The van der Waals surface area contributed by atoms with Gasteiger partial charge in [-0.25, -0.2) is 9.97 Å². The standard InChI is InChI=1S/C14H20N4O/c19-14(18-7-3-4-8-18)12-9-13(16-10-15-12)17-11-5-1-2-6-11/h9-11H,1-8H2,(H,15,16,17). The van der Waals surface area contributed by atoms with Crippen molar-refractivity contribution in [2.24, 2.45) is 0 Å². The molecular formula is C14H20N4O. The van der Waals surface area contributed by atoms with Crippen LogP contribution in [0.2, 0.25) is 0 Å². The number of nitrogens with zero attached hydrogens (tertiary/aromatic N) is 3. The summed E-state index contributed by atoms with van der Waals surface area (Å²) >= 11 is 0. The predicted octanol–water partition coefficient (Wildman–Crippen LogP) is 2.07. The molecule has 1 N–H and O–H groups in total. The Hall–Kier alpha value is -1.65. The summed E-state index contributed by atoms with van der Waals surface area (Å²) in [4.78, 5) is 22.5. The van der Waals surface area contributed by atoms with Crippen molar-refractivity contribution in [2.75, 3.05) is 18.4 Å². The molecule has 5 nitrogen and oxygen atoms in total. The number of carbonyl (C=O) groups is 1. The third-order valence-electron chi connectivity index (χ3n) is 3.99. The second-order valence-corrected chi connectivity index (χ2v) is 5.41. The Bertz CT molecular complexity index is 451. The van der Waals surface area contributed by atoms with Gasteiger partial charge in [-0.15, -0.1) is 0 Å². The maximum absolute atomic E-state index is 12.2. The van der Waals surface area contributed by atoms with Gasteiger partial charge >= 0.3 is 0 Å². The van der Waals surface area contributed by atoms with Crippen LogP contribution in [0.1, 0.15) is 49.0 Å². The Morgan fingerprint density at radius 2 is 1.89 bits per heavy atom. The highest BCUT2D eigenvalue weighted by molar-refractivity contribution is 5.93. The van der Waals surface area contributed by atoms with Crippen LogP contribution in [0.25, 0.3) is 0 Å². The average Bonchev–Trinajstić information content (AvgIpc) is 3.11. The van der Waals surface area contributed by atoms with Gasteiger partial charge in [0.2, 0.25) is 0 Å². The third-order valence-corrected chi connectivity index (χ3v) is 3.99. The first kappa shape index (κ1) is 12.4. The van der Waals surface area contributed by atoms with Gasteiger partial charge in [0, 0.05) is 25.2 Å². The number of rotatable bonds is 3. The summed E-state index contributed by atoms with van der Waals surface area (Å²) in [6.45, 7) is 1.71. The number of likely N-dealkylation sites (tertiary alicyclic amines) is 1. The molecule has 5 heteroatoms. The lowest BCUT2D eigenvalue weighted by molar-refractivity contribution is 0.0787. The topological polar surface area (TPSA) is 58.1 Å². The minimum absolute atomic E-state index is 0.0365. The maximum atomic E-state index is 12.2. The van der Waals surface area contributed by atoms with E-state index in [4.69, 9.17) is 0 Å². The molecule has 0 bridgehead atoms. The summed E-state index contributed by atoms with van der Waals surface area (Å²) < 4.78 is 0. The smallest absolute Gasteiger partial charge is 0.272 e. The van der Waals surface area contributed by atoms with E-state index in [0.29, 0.717) is 11.7 Å². The van der Waals surface area contributed by atoms with Crippen LogP contribution in [-0.4, -0.2) is 39.9 Å². The molecule has 1 saturated carbocycles. The SMILES string of the molecule is O=C(c1cc(NC2CCCC2)ncn1)N1CCCC1. The molecule has 0 radical (unpaired) electrons. The number of amides is 1. The molecule has 0 unspecified atom stereocenters. The molecular weight excluding hydrogens is 240 g/mol. The Morgan fingerprint density at radius 1 is 1.16 bits per heavy atom. The number of aromatic nitrogens is 2. The molecule has 1 aliphatic heterocycles. The molecule has 0 aromatic carbocycles. The molecule has 1 amide bonds. The van der Waals surface area contributed by atoms with Crippen LogP contribution in [0.15, 0.2) is 12.4 Å². The van der Waals surface area contributed by atoms with E-state index < -0.39 is 0 Å². The normalized spacial score (nSPS) is 19.9. The second kappa shape index (κ2) is 5.55. The quantitative estimate of drug-likeness (QED) is 0.904. The van der Waals surface area contributed by atoms with Crippen LogP contribution in [0, 0.1) is 0 Å². The second-order valence-electron chi connectivity index (χ2n) is 5.41. The summed E-state index contributed by atoms with van der Waals surface area (Å²) in [5, 5.41) is 3.40. The van der Waals surface area contributed by atoms with Gasteiger partial charge in [-0.1, -0.05) is 12.8 Å². The highest BCUT2D eigenvalue weighted by atomic mass is 16.2. The lowest BCUT2D eigenvalue weighted by Crippen LogP contribution is -2.28. The lowest BCUT2D eigenvalue weighted by atomic mass is 10.2. The molecule has 2 aliphatic rings. The Labute approximate surface area is 113 Å². The van der Waals surface area contributed by atoms with Crippen LogP contribution in [0.5, 0.6) is 0 Å². The van der Waals surface area contributed by atoms with Crippen LogP contribution < -0.4 is 5.32 Å². The first-order valence-electron chi connectivity index (χ1n) is 7.21. The van der Waals surface area contributed by atoms with E-state index >= 15 is 0 Å². The first-order chi connectivity index (χ1) is 9.33. The van der Waals surface area contributed by atoms with Gasteiger partial charge < -0.3 is 10.2 Å². The highest BCUT2D eigenvalue weighted by Crippen LogP contribution is 2.21. The molecule has 3 rings (SSSR count). The zero-order valence-corrected chi connectivity index (χ0v) is 11.1. The van der Waals surface area contributed by atoms with Crippen molar-refractivity contribution in [1.29, 1.82) is 0 Å². The fourth-order valence-electron chi connectivity index (χ4n) is 2.91. The van der Waals surface area contributed by atoms with E-state index in [1.807, 2.05) is 4.90 Å². The highest BCUT2D eigenvalue weighted by Gasteiger charge is 2.21. The van der Waals surface area contributed by atoms with Crippen molar-refractivity contribution in [1.82, 2.24) is 14.9 Å². The maximum Gasteiger partial charge on any atom is 0.272 e. The fraction of sp³-hybridized carbons (Fsp3) is 0.643. The van der Waals surface area contributed by atoms with Crippen LogP contribution >= 0.6 is 0 Å². The summed E-state index contributed by atoms with van der Waals surface area (Å²) in [6.07, 6.45) is 8.64. The van der Waals surface area contributed by atoms with Gasteiger partial charge in [0.1, 0.15) is 17.8 Å². The zero-order valence-electron chi connectivity index (χ0n) is 11.1. The Morgan fingerprint density at radius 3 is 2.63 bits per heavy atom. The zero-order chi connectivity index (χ0) is 13.1. The lowest BCUT2D eigenvalue weighted by Gasteiger charge is -2.16. The monoisotopic (exact) mass is 260 g/mol. The van der Waals surface area contributed by atoms with Gasteiger partial charge in [-0.2, -0.15) is 0 Å². The molecule has 1 saturated heterocycles. The van der Waals surface area contributed by atoms with E-state index in [0.717, 1.165) is 31.7 Å². The van der Waals surface area contributed by atoms with E-state index in [9.17, 15) is 4.79 Å². The number of hydrogen-bond acceptors (Lipinski definition) is 4. The van der Waals surface area contributed by atoms with Crippen molar-refractivity contribution in [3.8, 4) is 0 Å². The molecule has 0 atom stereocenters. The summed E-state index contributed by atoms with van der Waals surface area (Å²) in [5.41, 5.74) is 0.511. The number of carbonyl (C=O) groups excluding carboxylic acids is 1. The van der Waals surface area contributed by atoms with Crippen molar-refractivity contribution in [2.45, 2.75) is 44.6 Å². The minimum Gasteiger partial charge on any atom is -0.367 e. The van der Waals surface area contributed by atoms with Gasteiger partial charge in [-0.05, 0) is 25.7 Å². The van der Waals surface area contributed by atoms with Gasteiger partial charge in [0.15, 0.2) is 0 Å². The van der Waals surface area contributed by atoms with E-state index in [1.54, 1.807) is 6.07 Å². The minimum atomic E-state index is 0.0365. The number of hydrogen-bond donors (Lipinski definition) is 1. The summed E-state index contributed by atoms with van der Waals surface area (Å²) in [5.74, 6) is 0.818. The largest absolute Gasteiger partial charge is 0.367 e. The Balaban J connectivity index is 1.69. The average molecular weight is 260 g/mol. The van der Waals surface area contributed by atoms with Crippen LogP contribution in [-0.2, 0) is 0 Å². The van der Waals surface area contributed by atoms with E-state index in [-0.39, 0.29) is 5.91 Å². The van der Waals surface area contributed by atoms with E-state index in [1.165, 1.54) is 32.0 Å². The molecule has 0 spiro atoms. The molecule has 2 heterocycles. The van der Waals surface area contributed by atoms with E-state index in [2.05, 4.69) is 15.3 Å². The van der Waals surface area contributed by atoms with Crippen molar-refractivity contribution in [3.05, 3.63) is 18.1 Å². The van der Waals surface area contributed by atoms with Crippen molar-refractivity contribution < 1.29 is 4.79 Å². The third kappa shape index (κ3) is 2.85. The molecule has 2 fully saturated rings. The fourth-order valence-corrected chi connectivity index (χ4v) is 2.91. The van der Waals surface area contributed by atoms with Crippen molar-refractivity contribution >= 4 is 11.7 Å². The molecule has 102 valence electrons. The molecule has 1 aliphatic carbocycles. The van der Waals surface area contributed by atoms with Gasteiger partial charge in [0.05, 0.1) is 0 Å². The van der Waals surface area contributed by atoms with Gasteiger partial charge in [-0.3, -0.25) is 4.79 Å². The van der Waals surface area contributed by atoms with Crippen LogP contribution in [0.4, 0.5) is 5.82 Å².